The summed E-state index contributed by atoms with van der Waals surface area (Å²) in [6.07, 6.45) is 0. The van der Waals surface area contributed by atoms with Crippen molar-refractivity contribution in [3.05, 3.63) is 0 Å². The Morgan fingerprint density at radius 2 is 2.15 bits per heavy atom. The van der Waals surface area contributed by atoms with Gasteiger partial charge >= 0.3 is 5.97 Å². The van der Waals surface area contributed by atoms with E-state index in [0.717, 1.165) is 0 Å². The molecule has 1 unspecified atom stereocenters. The highest BCUT2D eigenvalue weighted by Gasteiger charge is 2.24. The molecule has 13 heavy (non-hydrogen) atoms. The first kappa shape index (κ1) is 12.4. The number of esters is 1. The van der Waals surface area contributed by atoms with E-state index in [2.05, 4.69) is 0 Å². The molecule has 76 valence electrons. The maximum absolute atomic E-state index is 11.2. The largest absolute Gasteiger partial charge is 0.465 e. The van der Waals surface area contributed by atoms with E-state index in [-0.39, 0.29) is 5.78 Å². The van der Waals surface area contributed by atoms with Crippen LogP contribution in [0.2, 0.25) is 0 Å². The van der Waals surface area contributed by atoms with Crippen LogP contribution in [-0.4, -0.2) is 35.9 Å². The fraction of sp³-hybridized carbons (Fsp3) is 0.750. The Labute approximate surface area is 82.2 Å². The molecule has 5 heteroatoms. The third-order valence-corrected chi connectivity index (χ3v) is 2.60. The first-order valence-electron chi connectivity index (χ1n) is 4.12. The Morgan fingerprint density at radius 3 is 2.54 bits per heavy atom. The molecule has 0 aromatic rings. The zero-order chi connectivity index (χ0) is 10.3. The maximum atomic E-state index is 11.2. The number of carbonyl (C=O) groups is 2. The fourth-order valence-corrected chi connectivity index (χ4v) is 1.57. The van der Waals surface area contributed by atoms with Crippen molar-refractivity contribution in [2.75, 3.05) is 18.9 Å². The van der Waals surface area contributed by atoms with Gasteiger partial charge in [-0.05, 0) is 13.8 Å². The highest BCUT2D eigenvalue weighted by Crippen LogP contribution is 2.12. The molecule has 0 amide bonds. The minimum atomic E-state index is -0.705. The van der Waals surface area contributed by atoms with E-state index in [4.69, 9.17) is 10.5 Å². The summed E-state index contributed by atoms with van der Waals surface area (Å²) in [5.41, 5.74) is 5.27. The summed E-state index contributed by atoms with van der Waals surface area (Å²) in [5, 5.41) is -0.705. The lowest BCUT2D eigenvalue weighted by molar-refractivity contribution is -0.144. The quantitative estimate of drug-likeness (QED) is 0.495. The van der Waals surface area contributed by atoms with Crippen molar-refractivity contribution in [3.63, 3.8) is 0 Å². The average Bonchev–Trinajstić information content (AvgIpc) is 2.05. The number of hydrogen-bond donors (Lipinski definition) is 1. The third kappa shape index (κ3) is 4.90. The molecule has 0 spiro atoms. The van der Waals surface area contributed by atoms with Gasteiger partial charge in [0.1, 0.15) is 0 Å². The van der Waals surface area contributed by atoms with Crippen LogP contribution >= 0.6 is 11.8 Å². The van der Waals surface area contributed by atoms with Crippen molar-refractivity contribution >= 4 is 23.5 Å². The topological polar surface area (TPSA) is 69.4 Å². The molecule has 2 N–H and O–H groups in total. The van der Waals surface area contributed by atoms with Gasteiger partial charge in [-0.3, -0.25) is 9.59 Å². The molecular weight excluding hydrogens is 190 g/mol. The lowest BCUT2D eigenvalue weighted by atomic mass is 10.3. The lowest BCUT2D eigenvalue weighted by Gasteiger charge is -2.10. The molecular formula is C8H15NO3S. The van der Waals surface area contributed by atoms with Crippen LogP contribution in [0.25, 0.3) is 0 Å². The molecule has 0 radical (unpaired) electrons. The van der Waals surface area contributed by atoms with Crippen LogP contribution in [0, 0.1) is 0 Å². The van der Waals surface area contributed by atoms with Crippen LogP contribution < -0.4 is 5.73 Å². The van der Waals surface area contributed by atoms with Crippen molar-refractivity contribution in [3.8, 4) is 0 Å². The van der Waals surface area contributed by atoms with Crippen LogP contribution in [-0.2, 0) is 14.3 Å². The van der Waals surface area contributed by atoms with E-state index in [1.54, 1.807) is 6.92 Å². The van der Waals surface area contributed by atoms with Gasteiger partial charge in [-0.15, -0.1) is 11.8 Å². The van der Waals surface area contributed by atoms with Gasteiger partial charge in [0, 0.05) is 12.3 Å². The molecule has 0 heterocycles. The third-order valence-electron chi connectivity index (χ3n) is 1.27. The molecule has 4 nitrogen and oxygen atoms in total. The standard InChI is InChI=1S/C8H15NO3S/c1-3-12-8(11)7(6(2)10)13-5-4-9/h7H,3-5,9H2,1-2H3. The first-order chi connectivity index (χ1) is 6.13. The Morgan fingerprint density at radius 1 is 1.54 bits per heavy atom. The van der Waals surface area contributed by atoms with Gasteiger partial charge in [0.25, 0.3) is 0 Å². The number of carbonyl (C=O) groups excluding carboxylic acids is 2. The molecule has 0 bridgehead atoms. The second-order valence-electron chi connectivity index (χ2n) is 2.40. The Balaban J connectivity index is 4.07. The molecule has 0 fully saturated rings. The molecule has 0 aliphatic rings. The zero-order valence-corrected chi connectivity index (χ0v) is 8.73. The summed E-state index contributed by atoms with van der Waals surface area (Å²) < 4.78 is 4.74. The van der Waals surface area contributed by atoms with Crippen molar-refractivity contribution in [2.45, 2.75) is 19.1 Å². The van der Waals surface area contributed by atoms with Crippen LogP contribution in [0.1, 0.15) is 13.8 Å². The maximum Gasteiger partial charge on any atom is 0.326 e. The van der Waals surface area contributed by atoms with Crippen molar-refractivity contribution in [2.24, 2.45) is 5.73 Å². The number of thioether (sulfide) groups is 1. The van der Waals surface area contributed by atoms with Crippen LogP contribution in [0.15, 0.2) is 0 Å². The molecule has 0 saturated heterocycles. The minimum Gasteiger partial charge on any atom is -0.465 e. The van der Waals surface area contributed by atoms with E-state index in [1.165, 1.54) is 18.7 Å². The van der Waals surface area contributed by atoms with Gasteiger partial charge in [-0.25, -0.2) is 0 Å². The summed E-state index contributed by atoms with van der Waals surface area (Å²) in [6, 6.07) is 0. The lowest BCUT2D eigenvalue weighted by Crippen LogP contribution is -2.28. The molecule has 0 aromatic heterocycles. The second kappa shape index (κ2) is 6.91. The van der Waals surface area contributed by atoms with Crippen molar-refractivity contribution in [1.82, 2.24) is 0 Å². The molecule has 0 aliphatic heterocycles. The summed E-state index contributed by atoms with van der Waals surface area (Å²) in [6.45, 7) is 3.84. The highest BCUT2D eigenvalue weighted by atomic mass is 32.2. The second-order valence-corrected chi connectivity index (χ2v) is 3.62. The minimum absolute atomic E-state index is 0.183. The predicted octanol–water partition coefficient (Wildman–Crippen LogP) is 0.199. The fourth-order valence-electron chi connectivity index (χ4n) is 0.755. The average molecular weight is 205 g/mol. The summed E-state index contributed by atoms with van der Waals surface area (Å²) in [4.78, 5) is 22.2. The molecule has 0 aromatic carbocycles. The van der Waals surface area contributed by atoms with E-state index in [9.17, 15) is 9.59 Å². The predicted molar refractivity (Wildman–Crippen MR) is 52.6 cm³/mol. The van der Waals surface area contributed by atoms with E-state index < -0.39 is 11.2 Å². The Kier molecular flexibility index (Phi) is 6.62. The van der Waals surface area contributed by atoms with Gasteiger partial charge < -0.3 is 10.5 Å². The smallest absolute Gasteiger partial charge is 0.326 e. The summed E-state index contributed by atoms with van der Waals surface area (Å²) in [5.74, 6) is -0.0615. The SMILES string of the molecule is CCOC(=O)C(SCCN)C(C)=O. The van der Waals surface area contributed by atoms with E-state index >= 15 is 0 Å². The number of nitrogens with two attached hydrogens (primary N) is 1. The summed E-state index contributed by atoms with van der Waals surface area (Å²) in [7, 11) is 0. The van der Waals surface area contributed by atoms with Gasteiger partial charge in [-0.2, -0.15) is 0 Å². The number of rotatable bonds is 6. The van der Waals surface area contributed by atoms with Gasteiger partial charge in [-0.1, -0.05) is 0 Å². The Bertz CT molecular complexity index is 184. The molecule has 1 atom stereocenters. The van der Waals surface area contributed by atoms with Crippen LogP contribution in [0.4, 0.5) is 0 Å². The van der Waals surface area contributed by atoms with Gasteiger partial charge in [0.05, 0.1) is 6.61 Å². The van der Waals surface area contributed by atoms with E-state index in [1.807, 2.05) is 0 Å². The normalized spacial score (nSPS) is 12.2. The molecule has 0 rings (SSSR count). The first-order valence-corrected chi connectivity index (χ1v) is 5.17. The number of hydrogen-bond acceptors (Lipinski definition) is 5. The van der Waals surface area contributed by atoms with Gasteiger partial charge in [0.15, 0.2) is 11.0 Å². The van der Waals surface area contributed by atoms with Crippen LogP contribution in [0.3, 0.4) is 0 Å². The van der Waals surface area contributed by atoms with Crippen molar-refractivity contribution < 1.29 is 14.3 Å². The van der Waals surface area contributed by atoms with Gasteiger partial charge in [0.2, 0.25) is 0 Å². The molecule has 0 aliphatic carbocycles. The Hall–Kier alpha value is -0.550. The summed E-state index contributed by atoms with van der Waals surface area (Å²) >= 11 is 1.23. The molecule has 0 saturated carbocycles. The number of Topliss-reactive ketones (excluding diaryl/α,β-unsaturated/α-hetero) is 1. The zero-order valence-electron chi connectivity index (χ0n) is 7.91. The monoisotopic (exact) mass is 205 g/mol. The van der Waals surface area contributed by atoms with E-state index in [0.29, 0.717) is 18.9 Å². The van der Waals surface area contributed by atoms with Crippen LogP contribution in [0.5, 0.6) is 0 Å². The van der Waals surface area contributed by atoms with Crippen molar-refractivity contribution in [1.29, 1.82) is 0 Å². The number of ether oxygens (including phenoxy) is 1. The number of ketones is 1. The highest BCUT2D eigenvalue weighted by molar-refractivity contribution is 8.01.